The number of rotatable bonds is 2. The Kier molecular flexibility index (Phi) is 2.31. The van der Waals surface area contributed by atoms with E-state index in [2.05, 4.69) is 15.9 Å². The molecular weight excluding hydrogens is 251 g/mol. The van der Waals surface area contributed by atoms with Crippen LogP contribution in [0, 0.1) is 11.7 Å². The van der Waals surface area contributed by atoms with Crippen LogP contribution in [-0.2, 0) is 4.79 Å². The van der Waals surface area contributed by atoms with Crippen LogP contribution in [0.2, 0.25) is 0 Å². The van der Waals surface area contributed by atoms with Crippen molar-refractivity contribution in [3.8, 4) is 0 Å². The van der Waals surface area contributed by atoms with Gasteiger partial charge in [0, 0.05) is 10.4 Å². The van der Waals surface area contributed by atoms with Crippen molar-refractivity contribution >= 4 is 21.9 Å². The molecule has 2 rings (SSSR count). The van der Waals surface area contributed by atoms with Gasteiger partial charge in [-0.05, 0) is 24.1 Å². The van der Waals surface area contributed by atoms with E-state index in [0.717, 1.165) is 0 Å². The first-order valence-electron chi connectivity index (χ1n) is 4.27. The summed E-state index contributed by atoms with van der Waals surface area (Å²) in [4.78, 5) is 10.6. The maximum absolute atomic E-state index is 13.4. The highest BCUT2D eigenvalue weighted by Gasteiger charge is 2.45. The molecule has 1 aromatic rings. The van der Waals surface area contributed by atoms with Crippen molar-refractivity contribution in [2.45, 2.75) is 12.3 Å². The third kappa shape index (κ3) is 1.66. The van der Waals surface area contributed by atoms with Crippen LogP contribution in [0.1, 0.15) is 17.9 Å². The predicted octanol–water partition coefficient (Wildman–Crippen LogP) is 2.78. The number of hydrogen-bond donors (Lipinski definition) is 1. The molecule has 0 bridgehead atoms. The molecule has 0 aliphatic heterocycles. The highest BCUT2D eigenvalue weighted by atomic mass is 79.9. The van der Waals surface area contributed by atoms with E-state index in [1.54, 1.807) is 12.1 Å². The van der Waals surface area contributed by atoms with Crippen LogP contribution in [0.4, 0.5) is 4.39 Å². The summed E-state index contributed by atoms with van der Waals surface area (Å²) in [5.41, 5.74) is 0.514. The van der Waals surface area contributed by atoms with Gasteiger partial charge in [-0.2, -0.15) is 0 Å². The monoisotopic (exact) mass is 258 g/mol. The Labute approximate surface area is 88.9 Å². The molecule has 4 heteroatoms. The zero-order valence-corrected chi connectivity index (χ0v) is 8.79. The normalized spacial score (nSPS) is 24.7. The molecule has 1 saturated carbocycles. The zero-order valence-electron chi connectivity index (χ0n) is 7.21. The molecular formula is C10H8BrFO2. The van der Waals surface area contributed by atoms with Crippen molar-refractivity contribution < 1.29 is 14.3 Å². The van der Waals surface area contributed by atoms with Crippen LogP contribution < -0.4 is 0 Å². The van der Waals surface area contributed by atoms with Crippen molar-refractivity contribution in [2.75, 3.05) is 0 Å². The lowest BCUT2D eigenvalue weighted by Crippen LogP contribution is -1.99. The van der Waals surface area contributed by atoms with Gasteiger partial charge in [-0.15, -0.1) is 0 Å². The summed E-state index contributed by atoms with van der Waals surface area (Å²) < 4.78 is 14.0. The van der Waals surface area contributed by atoms with Crippen LogP contribution in [0.25, 0.3) is 0 Å². The fourth-order valence-electron chi connectivity index (χ4n) is 1.61. The average molecular weight is 259 g/mol. The van der Waals surface area contributed by atoms with Crippen LogP contribution in [0.15, 0.2) is 22.7 Å². The molecule has 0 radical (unpaired) electrons. The Morgan fingerprint density at radius 3 is 2.79 bits per heavy atom. The summed E-state index contributed by atoms with van der Waals surface area (Å²) >= 11 is 3.15. The molecule has 1 aliphatic rings. The van der Waals surface area contributed by atoms with Gasteiger partial charge in [0.2, 0.25) is 0 Å². The number of benzene rings is 1. The first-order valence-corrected chi connectivity index (χ1v) is 5.06. The van der Waals surface area contributed by atoms with E-state index in [-0.39, 0.29) is 11.7 Å². The van der Waals surface area contributed by atoms with Gasteiger partial charge in [-0.1, -0.05) is 22.0 Å². The van der Waals surface area contributed by atoms with E-state index in [0.29, 0.717) is 16.5 Å². The zero-order chi connectivity index (χ0) is 10.3. The number of carboxylic acids is 1. The third-order valence-corrected chi connectivity index (χ3v) is 2.96. The second-order valence-electron chi connectivity index (χ2n) is 3.45. The summed E-state index contributed by atoms with van der Waals surface area (Å²) in [5.74, 6) is -1.70. The second kappa shape index (κ2) is 3.35. The topological polar surface area (TPSA) is 37.3 Å². The summed E-state index contributed by atoms with van der Waals surface area (Å²) in [6.07, 6.45) is 0.549. The lowest BCUT2D eigenvalue weighted by atomic mass is 10.1. The first-order chi connectivity index (χ1) is 6.59. The summed E-state index contributed by atoms with van der Waals surface area (Å²) in [6.45, 7) is 0. The Morgan fingerprint density at radius 1 is 1.57 bits per heavy atom. The molecule has 0 spiro atoms. The molecule has 1 fully saturated rings. The minimum absolute atomic E-state index is 0.138. The fourth-order valence-corrected chi connectivity index (χ4v) is 1.95. The van der Waals surface area contributed by atoms with Gasteiger partial charge in [-0.25, -0.2) is 4.39 Å². The minimum atomic E-state index is -0.836. The quantitative estimate of drug-likeness (QED) is 0.886. The molecule has 1 aliphatic carbocycles. The number of halogens is 2. The average Bonchev–Trinajstić information content (AvgIpc) is 2.83. The standard InChI is InChI=1S/C10H8BrFO2/c11-5-1-2-6(9(12)3-5)7-4-8(7)10(13)14/h1-3,7-8H,4H2,(H,13,14)/t7-,8+/m1/s1. The van der Waals surface area contributed by atoms with Gasteiger partial charge in [0.25, 0.3) is 0 Å². The molecule has 2 atom stereocenters. The number of aliphatic carboxylic acids is 1. The Hall–Kier alpha value is -0.900. The Balaban J connectivity index is 2.23. The lowest BCUT2D eigenvalue weighted by Gasteiger charge is -2.01. The summed E-state index contributed by atoms with van der Waals surface area (Å²) in [5, 5.41) is 8.70. The van der Waals surface area contributed by atoms with Crippen molar-refractivity contribution in [2.24, 2.45) is 5.92 Å². The van der Waals surface area contributed by atoms with Crippen molar-refractivity contribution in [3.63, 3.8) is 0 Å². The molecule has 2 nitrogen and oxygen atoms in total. The van der Waals surface area contributed by atoms with Crippen molar-refractivity contribution in [1.29, 1.82) is 0 Å². The molecule has 0 unspecified atom stereocenters. The van der Waals surface area contributed by atoms with Gasteiger partial charge >= 0.3 is 5.97 Å². The van der Waals surface area contributed by atoms with E-state index >= 15 is 0 Å². The SMILES string of the molecule is O=C(O)[C@H]1C[C@@H]1c1ccc(Br)cc1F. The van der Waals surface area contributed by atoms with E-state index in [1.165, 1.54) is 6.07 Å². The largest absolute Gasteiger partial charge is 0.481 e. The molecule has 74 valence electrons. The smallest absolute Gasteiger partial charge is 0.307 e. The first kappa shape index (κ1) is 9.65. The number of carboxylic acid groups (broad SMARTS) is 1. The lowest BCUT2D eigenvalue weighted by molar-refractivity contribution is -0.138. The van der Waals surface area contributed by atoms with E-state index in [4.69, 9.17) is 5.11 Å². The predicted molar refractivity (Wildman–Crippen MR) is 52.6 cm³/mol. The number of carbonyl (C=O) groups is 1. The molecule has 0 amide bonds. The second-order valence-corrected chi connectivity index (χ2v) is 4.37. The maximum atomic E-state index is 13.4. The Bertz CT molecular complexity index is 392. The molecule has 1 N–H and O–H groups in total. The third-order valence-electron chi connectivity index (χ3n) is 2.47. The Morgan fingerprint density at radius 2 is 2.29 bits per heavy atom. The van der Waals surface area contributed by atoms with Crippen LogP contribution in [0.3, 0.4) is 0 Å². The fraction of sp³-hybridized carbons (Fsp3) is 0.300. The summed E-state index contributed by atoms with van der Waals surface area (Å²) in [7, 11) is 0. The van der Waals surface area contributed by atoms with Gasteiger partial charge in [-0.3, -0.25) is 4.79 Å². The van der Waals surface area contributed by atoms with Crippen LogP contribution in [0.5, 0.6) is 0 Å². The van der Waals surface area contributed by atoms with E-state index < -0.39 is 11.9 Å². The highest BCUT2D eigenvalue weighted by Crippen LogP contribution is 2.48. The van der Waals surface area contributed by atoms with Crippen molar-refractivity contribution in [3.05, 3.63) is 34.1 Å². The molecule has 0 saturated heterocycles. The molecule has 0 heterocycles. The van der Waals surface area contributed by atoms with Crippen molar-refractivity contribution in [1.82, 2.24) is 0 Å². The van der Waals surface area contributed by atoms with Crippen LogP contribution in [-0.4, -0.2) is 11.1 Å². The molecule has 14 heavy (non-hydrogen) atoms. The molecule has 0 aromatic heterocycles. The minimum Gasteiger partial charge on any atom is -0.481 e. The van der Waals surface area contributed by atoms with E-state index in [9.17, 15) is 9.18 Å². The van der Waals surface area contributed by atoms with Crippen LogP contribution >= 0.6 is 15.9 Å². The van der Waals surface area contributed by atoms with Gasteiger partial charge in [0.15, 0.2) is 0 Å². The van der Waals surface area contributed by atoms with E-state index in [1.807, 2.05) is 0 Å². The number of hydrogen-bond acceptors (Lipinski definition) is 1. The van der Waals surface area contributed by atoms with Gasteiger partial charge in [0.1, 0.15) is 5.82 Å². The van der Waals surface area contributed by atoms with Gasteiger partial charge in [0.05, 0.1) is 5.92 Å². The highest BCUT2D eigenvalue weighted by molar-refractivity contribution is 9.10. The maximum Gasteiger partial charge on any atom is 0.307 e. The molecule has 1 aromatic carbocycles. The summed E-state index contributed by atoms with van der Waals surface area (Å²) in [6, 6.07) is 4.75. The van der Waals surface area contributed by atoms with Gasteiger partial charge < -0.3 is 5.11 Å².